The molecule has 4 amide bonds. The highest BCUT2D eigenvalue weighted by atomic mass is 32.2. The molecule has 0 aromatic rings. The summed E-state index contributed by atoms with van der Waals surface area (Å²) >= 11 is 1.51. The number of hydrogen-bond donors (Lipinski definition) is 7. The molecule has 9 N–H and O–H groups in total. The number of thioether (sulfide) groups is 1. The Labute approximate surface area is 202 Å². The Kier molecular flexibility index (Phi) is 14.5. The summed E-state index contributed by atoms with van der Waals surface area (Å²) in [6.45, 7) is 3.50. The van der Waals surface area contributed by atoms with Crippen LogP contribution in [0.2, 0.25) is 0 Å². The number of amides is 4. The predicted molar refractivity (Wildman–Crippen MR) is 125 cm³/mol. The lowest BCUT2D eigenvalue weighted by molar-refractivity contribution is -0.144. The molecule has 0 aromatic heterocycles. The molecular formula is C20H35N5O8S. The summed E-state index contributed by atoms with van der Waals surface area (Å²) in [7, 11) is 0. The van der Waals surface area contributed by atoms with Crippen molar-refractivity contribution >= 4 is 47.3 Å². The van der Waals surface area contributed by atoms with Crippen LogP contribution in [-0.4, -0.2) is 82.0 Å². The molecule has 0 saturated carbocycles. The molecule has 13 nitrogen and oxygen atoms in total. The molecule has 0 radical (unpaired) electrons. The summed E-state index contributed by atoms with van der Waals surface area (Å²) in [5.74, 6) is -5.78. The van der Waals surface area contributed by atoms with Crippen LogP contribution in [0.4, 0.5) is 0 Å². The Bertz CT molecular complexity index is 750. The van der Waals surface area contributed by atoms with Gasteiger partial charge in [-0.1, -0.05) is 20.3 Å². The maximum atomic E-state index is 13.0. The second-order valence-electron chi connectivity index (χ2n) is 7.82. The summed E-state index contributed by atoms with van der Waals surface area (Å²) in [4.78, 5) is 71.5. The number of primary amides is 1. The first-order chi connectivity index (χ1) is 15.8. The van der Waals surface area contributed by atoms with Crippen molar-refractivity contribution in [2.75, 3.05) is 12.0 Å². The van der Waals surface area contributed by atoms with Crippen LogP contribution in [0, 0.1) is 5.92 Å². The standard InChI is InChI=1S/C20H35N5O8S/c1-4-10(2)16(25-17(29)11(21)7-8-34-3)19(31)23-12(5-6-15(27)28)18(30)24-13(20(32)33)9-14(22)26/h10-13,16H,4-9,21H2,1-3H3,(H2,22,26)(H,23,31)(H,24,30)(H,25,29)(H,27,28)(H,32,33). The summed E-state index contributed by atoms with van der Waals surface area (Å²) in [5, 5.41) is 25.2. The number of nitrogens with two attached hydrogens (primary N) is 2. The predicted octanol–water partition coefficient (Wildman–Crippen LogP) is -1.61. The van der Waals surface area contributed by atoms with E-state index in [1.54, 1.807) is 13.8 Å². The van der Waals surface area contributed by atoms with Crippen molar-refractivity contribution in [3.8, 4) is 0 Å². The van der Waals surface area contributed by atoms with E-state index in [0.29, 0.717) is 18.6 Å². The Morgan fingerprint density at radius 2 is 1.50 bits per heavy atom. The lowest BCUT2D eigenvalue weighted by atomic mass is 9.97. The van der Waals surface area contributed by atoms with Gasteiger partial charge in [-0.05, 0) is 30.8 Å². The van der Waals surface area contributed by atoms with Gasteiger partial charge in [0, 0.05) is 6.42 Å². The lowest BCUT2D eigenvalue weighted by Gasteiger charge is -2.27. The molecule has 0 aliphatic rings. The molecule has 34 heavy (non-hydrogen) atoms. The molecule has 0 heterocycles. The van der Waals surface area contributed by atoms with E-state index in [9.17, 15) is 33.9 Å². The zero-order valence-electron chi connectivity index (χ0n) is 19.5. The third-order valence-electron chi connectivity index (χ3n) is 5.06. The summed E-state index contributed by atoms with van der Waals surface area (Å²) in [6, 6.07) is -5.01. The van der Waals surface area contributed by atoms with Crippen LogP contribution in [0.3, 0.4) is 0 Å². The average molecular weight is 506 g/mol. The van der Waals surface area contributed by atoms with Crippen LogP contribution in [0.25, 0.3) is 0 Å². The number of rotatable bonds is 17. The second kappa shape index (κ2) is 15.9. The highest BCUT2D eigenvalue weighted by Gasteiger charge is 2.33. The van der Waals surface area contributed by atoms with E-state index in [-0.39, 0.29) is 12.3 Å². The molecule has 0 saturated heterocycles. The first-order valence-corrected chi connectivity index (χ1v) is 12.1. The van der Waals surface area contributed by atoms with Gasteiger partial charge in [0.15, 0.2) is 0 Å². The van der Waals surface area contributed by atoms with E-state index in [1.165, 1.54) is 11.8 Å². The quantitative estimate of drug-likeness (QED) is 0.119. The number of hydrogen-bond acceptors (Lipinski definition) is 8. The molecule has 5 unspecified atom stereocenters. The van der Waals surface area contributed by atoms with E-state index < -0.39 is 72.6 Å². The molecule has 0 spiro atoms. The second-order valence-corrected chi connectivity index (χ2v) is 8.81. The minimum atomic E-state index is -1.66. The SMILES string of the molecule is CCC(C)C(NC(=O)C(N)CCSC)C(=O)NC(CCC(=O)O)C(=O)NC(CC(N)=O)C(=O)O. The van der Waals surface area contributed by atoms with E-state index in [4.69, 9.17) is 16.6 Å². The average Bonchev–Trinajstić information content (AvgIpc) is 2.76. The Balaban J connectivity index is 5.60. The van der Waals surface area contributed by atoms with Crippen molar-refractivity contribution in [2.24, 2.45) is 17.4 Å². The van der Waals surface area contributed by atoms with Crippen molar-refractivity contribution in [2.45, 2.75) is 70.1 Å². The van der Waals surface area contributed by atoms with E-state index in [2.05, 4.69) is 16.0 Å². The van der Waals surface area contributed by atoms with Crippen LogP contribution in [0.15, 0.2) is 0 Å². The van der Waals surface area contributed by atoms with Gasteiger partial charge in [0.05, 0.1) is 12.5 Å². The van der Waals surface area contributed by atoms with Crippen molar-refractivity contribution < 1.29 is 39.0 Å². The molecule has 0 aliphatic carbocycles. The number of carbonyl (C=O) groups excluding carboxylic acids is 4. The minimum absolute atomic E-state index is 0.357. The fourth-order valence-electron chi connectivity index (χ4n) is 2.81. The van der Waals surface area contributed by atoms with Crippen molar-refractivity contribution in [3.63, 3.8) is 0 Å². The van der Waals surface area contributed by atoms with Gasteiger partial charge in [-0.25, -0.2) is 4.79 Å². The summed E-state index contributed by atoms with van der Waals surface area (Å²) in [6.07, 6.45) is 1.18. The maximum absolute atomic E-state index is 13.0. The van der Waals surface area contributed by atoms with Crippen LogP contribution in [0.5, 0.6) is 0 Å². The molecular weight excluding hydrogens is 470 g/mol. The van der Waals surface area contributed by atoms with Gasteiger partial charge in [-0.3, -0.25) is 24.0 Å². The Morgan fingerprint density at radius 1 is 0.912 bits per heavy atom. The highest BCUT2D eigenvalue weighted by molar-refractivity contribution is 7.98. The third-order valence-corrected chi connectivity index (χ3v) is 5.71. The number of aliphatic carboxylic acids is 2. The topological polar surface area (TPSA) is 231 Å². The smallest absolute Gasteiger partial charge is 0.326 e. The number of carboxylic acids is 2. The number of carbonyl (C=O) groups is 6. The van der Waals surface area contributed by atoms with Crippen LogP contribution < -0.4 is 27.4 Å². The Hall–Kier alpha value is -2.87. The van der Waals surface area contributed by atoms with E-state index >= 15 is 0 Å². The third kappa shape index (κ3) is 11.8. The first-order valence-electron chi connectivity index (χ1n) is 10.7. The van der Waals surface area contributed by atoms with Gasteiger partial charge in [0.25, 0.3) is 0 Å². The van der Waals surface area contributed by atoms with Gasteiger partial charge in [-0.2, -0.15) is 11.8 Å². The molecule has 194 valence electrons. The van der Waals surface area contributed by atoms with Crippen LogP contribution in [0.1, 0.15) is 46.0 Å². The van der Waals surface area contributed by atoms with Gasteiger partial charge < -0.3 is 37.6 Å². The largest absolute Gasteiger partial charge is 0.481 e. The molecule has 5 atom stereocenters. The van der Waals surface area contributed by atoms with Crippen LogP contribution >= 0.6 is 11.8 Å². The van der Waals surface area contributed by atoms with Gasteiger partial charge in [0.1, 0.15) is 18.1 Å². The highest BCUT2D eigenvalue weighted by Crippen LogP contribution is 2.11. The van der Waals surface area contributed by atoms with Crippen molar-refractivity contribution in [1.29, 1.82) is 0 Å². The van der Waals surface area contributed by atoms with Crippen molar-refractivity contribution in [3.05, 3.63) is 0 Å². The maximum Gasteiger partial charge on any atom is 0.326 e. The molecule has 0 rings (SSSR count). The lowest BCUT2D eigenvalue weighted by Crippen LogP contribution is -2.58. The van der Waals surface area contributed by atoms with E-state index in [1.807, 2.05) is 6.26 Å². The van der Waals surface area contributed by atoms with Gasteiger partial charge in [0.2, 0.25) is 23.6 Å². The molecule has 0 aromatic carbocycles. The summed E-state index contributed by atoms with van der Waals surface area (Å²) < 4.78 is 0. The monoisotopic (exact) mass is 505 g/mol. The van der Waals surface area contributed by atoms with Crippen molar-refractivity contribution in [1.82, 2.24) is 16.0 Å². The number of nitrogens with one attached hydrogen (secondary N) is 3. The van der Waals surface area contributed by atoms with Gasteiger partial charge in [-0.15, -0.1) is 0 Å². The van der Waals surface area contributed by atoms with Gasteiger partial charge >= 0.3 is 11.9 Å². The molecule has 0 bridgehead atoms. The fourth-order valence-corrected chi connectivity index (χ4v) is 3.30. The minimum Gasteiger partial charge on any atom is -0.481 e. The van der Waals surface area contributed by atoms with Crippen LogP contribution in [-0.2, 0) is 28.8 Å². The first kappa shape index (κ1) is 31.1. The fraction of sp³-hybridized carbons (Fsp3) is 0.700. The number of carboxylic acid groups (broad SMARTS) is 2. The van der Waals surface area contributed by atoms with E-state index in [0.717, 1.165) is 0 Å². The Morgan fingerprint density at radius 3 is 1.97 bits per heavy atom. The zero-order chi connectivity index (χ0) is 26.4. The normalized spacial score (nSPS) is 15.2. The molecule has 0 fully saturated rings. The molecule has 0 aliphatic heterocycles. The molecule has 14 heteroatoms. The zero-order valence-corrected chi connectivity index (χ0v) is 20.4. The summed E-state index contributed by atoms with van der Waals surface area (Å²) in [5.41, 5.74) is 10.9.